The SMILES string of the molecule is COc1ccc(C[C@@H]2NC(=O)[C@@H](Cc3ccc(-c4ccccc4)cc3)NC(=O)[C@H](Cc3cccs3)CC(=O)COc3ccc(cc3)C[C@@H](C(=O)O)CC2=O)cc1. The third-order valence-corrected chi connectivity index (χ3v) is 10.8. The summed E-state index contributed by atoms with van der Waals surface area (Å²) in [6.07, 6.45) is 0.0368. The molecule has 11 heteroatoms. The molecule has 2 aliphatic heterocycles. The Bertz CT molecular complexity index is 2100. The molecule has 0 fully saturated rings. The number of hydrogen-bond acceptors (Lipinski definition) is 8. The van der Waals surface area contributed by atoms with Gasteiger partial charge in [0.15, 0.2) is 11.6 Å². The molecule has 0 unspecified atom stereocenters. The summed E-state index contributed by atoms with van der Waals surface area (Å²) in [7, 11) is 1.54. The van der Waals surface area contributed by atoms with Gasteiger partial charge in [-0.2, -0.15) is 0 Å². The molecule has 2 aliphatic rings. The molecule has 7 rings (SSSR count). The summed E-state index contributed by atoms with van der Waals surface area (Å²) < 4.78 is 11.1. The lowest BCUT2D eigenvalue weighted by atomic mass is 9.90. The van der Waals surface area contributed by atoms with Gasteiger partial charge >= 0.3 is 5.97 Å². The lowest BCUT2D eigenvalue weighted by Crippen LogP contribution is -2.54. The smallest absolute Gasteiger partial charge is 0.307 e. The Hall–Kier alpha value is -6.07. The van der Waals surface area contributed by atoms with Crippen LogP contribution < -0.4 is 20.1 Å². The van der Waals surface area contributed by atoms with Crippen LogP contribution in [0.2, 0.25) is 0 Å². The Morgan fingerprint density at radius 3 is 2.00 bits per heavy atom. The molecule has 10 nitrogen and oxygen atoms in total. The maximum Gasteiger partial charge on any atom is 0.307 e. The number of benzene rings is 4. The second-order valence-electron chi connectivity index (χ2n) is 14.0. The number of carbonyl (C=O) groups is 5. The van der Waals surface area contributed by atoms with Crippen molar-refractivity contribution in [2.24, 2.45) is 11.8 Å². The summed E-state index contributed by atoms with van der Waals surface area (Å²) in [6, 6.07) is 32.8. The molecule has 4 atom stereocenters. The highest BCUT2D eigenvalue weighted by molar-refractivity contribution is 7.09. The minimum atomic E-state index is -1.15. The van der Waals surface area contributed by atoms with E-state index in [1.165, 1.54) is 11.3 Å². The van der Waals surface area contributed by atoms with Crippen LogP contribution in [0.3, 0.4) is 0 Å². The van der Waals surface area contributed by atoms with E-state index in [0.29, 0.717) is 17.1 Å². The van der Waals surface area contributed by atoms with E-state index < -0.39 is 47.5 Å². The monoisotopic (exact) mass is 772 g/mol. The quantitative estimate of drug-likeness (QED) is 0.158. The molecule has 5 aromatic rings. The van der Waals surface area contributed by atoms with Crippen LogP contribution in [0.15, 0.2) is 121 Å². The van der Waals surface area contributed by atoms with E-state index in [9.17, 15) is 29.1 Å². The van der Waals surface area contributed by atoms with Crippen LogP contribution in [-0.2, 0) is 49.7 Å². The number of thiophene rings is 1. The Balaban J connectivity index is 1.35. The van der Waals surface area contributed by atoms with Crippen LogP contribution in [0.4, 0.5) is 0 Å². The zero-order chi connectivity index (χ0) is 39.4. The van der Waals surface area contributed by atoms with Gasteiger partial charge < -0.3 is 25.2 Å². The number of Topliss-reactive ketones (excluding diaryl/α,β-unsaturated/α-hetero) is 2. The van der Waals surface area contributed by atoms with Gasteiger partial charge in [-0.25, -0.2) is 0 Å². The normalized spacial score (nSPS) is 19.8. The first-order valence-corrected chi connectivity index (χ1v) is 19.4. The number of nitrogens with one attached hydrogen (secondary N) is 2. The van der Waals surface area contributed by atoms with E-state index in [0.717, 1.165) is 27.1 Å². The fourth-order valence-corrected chi connectivity index (χ4v) is 7.56. The number of methoxy groups -OCH3 is 1. The maximum atomic E-state index is 14.4. The lowest BCUT2D eigenvalue weighted by molar-refractivity contribution is -0.144. The summed E-state index contributed by atoms with van der Waals surface area (Å²) in [5.41, 5.74) is 4.15. The summed E-state index contributed by atoms with van der Waals surface area (Å²) in [6.45, 7) is -0.273. The highest BCUT2D eigenvalue weighted by atomic mass is 32.1. The van der Waals surface area contributed by atoms with Gasteiger partial charge in [0.05, 0.1) is 19.1 Å². The fourth-order valence-electron chi connectivity index (χ4n) is 6.78. The van der Waals surface area contributed by atoms with Gasteiger partial charge in [-0.1, -0.05) is 84.9 Å². The number of carboxylic acids is 1. The van der Waals surface area contributed by atoms with Crippen molar-refractivity contribution >= 4 is 40.7 Å². The van der Waals surface area contributed by atoms with Crippen LogP contribution >= 0.6 is 11.3 Å². The van der Waals surface area contributed by atoms with Crippen molar-refractivity contribution in [2.75, 3.05) is 13.7 Å². The molecule has 0 aliphatic carbocycles. The summed E-state index contributed by atoms with van der Waals surface area (Å²) in [4.78, 5) is 69.5. The van der Waals surface area contributed by atoms with Crippen molar-refractivity contribution in [1.82, 2.24) is 10.6 Å². The standard InChI is InChI=1S/C45H44N2O8S/c1-54-37-17-11-31(12-18-37)23-40-42(49)27-35(45(52)53)22-29-13-19-38(20-14-29)55-28-36(48)25-34(26-39-8-5-21-56-39)43(50)47-41(44(51)46-40)24-30-9-15-33(16-10-30)32-6-3-2-4-7-32/h2-21,34-35,40-41H,22-28H2,1H3,(H,46,51)(H,47,50)(H,52,53)/t34-,35+,40-,41+/m0/s1. The Labute approximate surface area is 329 Å². The number of carboxylic acid groups (broad SMARTS) is 1. The molecule has 56 heavy (non-hydrogen) atoms. The minimum absolute atomic E-state index is 0.0611. The first kappa shape index (κ1) is 39.6. The van der Waals surface area contributed by atoms with Gasteiger partial charge in [0, 0.05) is 30.1 Å². The molecular weight excluding hydrogens is 729 g/mol. The van der Waals surface area contributed by atoms with Gasteiger partial charge in [0.25, 0.3) is 0 Å². The summed E-state index contributed by atoms with van der Waals surface area (Å²) in [5, 5.41) is 17.9. The van der Waals surface area contributed by atoms with Crippen molar-refractivity contribution in [3.63, 3.8) is 0 Å². The van der Waals surface area contributed by atoms with E-state index in [-0.39, 0.29) is 50.9 Å². The molecule has 3 heterocycles. The van der Waals surface area contributed by atoms with E-state index >= 15 is 0 Å². The largest absolute Gasteiger partial charge is 0.497 e. The molecule has 2 amide bonds. The molecule has 1 aromatic heterocycles. The van der Waals surface area contributed by atoms with Crippen molar-refractivity contribution in [3.05, 3.63) is 142 Å². The number of ketones is 2. The summed E-state index contributed by atoms with van der Waals surface area (Å²) in [5.74, 6) is -3.86. The lowest BCUT2D eigenvalue weighted by Gasteiger charge is -2.26. The number of rotatable bonds is 9. The molecule has 2 bridgehead atoms. The predicted molar refractivity (Wildman–Crippen MR) is 214 cm³/mol. The number of ether oxygens (including phenoxy) is 2. The average molecular weight is 773 g/mol. The molecule has 288 valence electrons. The highest BCUT2D eigenvalue weighted by Crippen LogP contribution is 2.24. The first-order chi connectivity index (χ1) is 27.1. The second-order valence-corrected chi connectivity index (χ2v) is 15.0. The van der Waals surface area contributed by atoms with Crippen LogP contribution in [0.25, 0.3) is 11.1 Å². The number of fused-ring (bicyclic) bond motifs is 16. The molecule has 3 N–H and O–H groups in total. The molecule has 0 saturated carbocycles. The van der Waals surface area contributed by atoms with Gasteiger partial charge in [0.2, 0.25) is 11.8 Å². The molecule has 0 saturated heterocycles. The maximum absolute atomic E-state index is 14.4. The van der Waals surface area contributed by atoms with Gasteiger partial charge in [-0.05, 0) is 82.8 Å². The van der Waals surface area contributed by atoms with Crippen molar-refractivity contribution in [2.45, 2.75) is 50.6 Å². The summed E-state index contributed by atoms with van der Waals surface area (Å²) >= 11 is 1.47. The van der Waals surface area contributed by atoms with Crippen LogP contribution in [-0.4, -0.2) is 60.3 Å². The van der Waals surface area contributed by atoms with Gasteiger partial charge in [0.1, 0.15) is 24.1 Å². The van der Waals surface area contributed by atoms with Crippen LogP contribution in [0.1, 0.15) is 34.4 Å². The minimum Gasteiger partial charge on any atom is -0.497 e. The zero-order valence-corrected chi connectivity index (χ0v) is 31.8. The third-order valence-electron chi connectivity index (χ3n) is 9.91. The topological polar surface area (TPSA) is 148 Å². The molecular formula is C45H44N2O8S. The van der Waals surface area contributed by atoms with Crippen LogP contribution in [0, 0.1) is 11.8 Å². The highest BCUT2D eigenvalue weighted by Gasteiger charge is 2.33. The van der Waals surface area contributed by atoms with Gasteiger partial charge in [-0.3, -0.25) is 24.0 Å². The van der Waals surface area contributed by atoms with Crippen molar-refractivity contribution < 1.29 is 38.6 Å². The van der Waals surface area contributed by atoms with Gasteiger partial charge in [-0.15, -0.1) is 11.3 Å². The Kier molecular flexibility index (Phi) is 13.4. The van der Waals surface area contributed by atoms with Crippen molar-refractivity contribution in [3.8, 4) is 22.6 Å². The fraction of sp³-hybridized carbons (Fsp3) is 0.267. The zero-order valence-electron chi connectivity index (χ0n) is 31.0. The van der Waals surface area contributed by atoms with E-state index in [2.05, 4.69) is 10.6 Å². The Morgan fingerprint density at radius 2 is 1.36 bits per heavy atom. The number of carbonyl (C=O) groups excluding carboxylic acids is 4. The second kappa shape index (κ2) is 19.0. The average Bonchev–Trinajstić information content (AvgIpc) is 3.73. The number of hydrogen-bond donors (Lipinski definition) is 3. The third kappa shape index (κ3) is 11.0. The number of amides is 2. The van der Waals surface area contributed by atoms with Crippen molar-refractivity contribution in [1.29, 1.82) is 0 Å². The molecule has 0 radical (unpaired) electrons. The van der Waals surface area contributed by atoms with E-state index in [4.69, 9.17) is 9.47 Å². The first-order valence-electron chi connectivity index (χ1n) is 18.5. The van der Waals surface area contributed by atoms with E-state index in [1.807, 2.05) is 72.1 Å². The van der Waals surface area contributed by atoms with E-state index in [1.54, 1.807) is 55.6 Å². The van der Waals surface area contributed by atoms with Crippen LogP contribution in [0.5, 0.6) is 11.5 Å². The number of aliphatic carboxylic acids is 1. The Morgan fingerprint density at radius 1 is 0.714 bits per heavy atom. The molecule has 0 spiro atoms. The predicted octanol–water partition coefficient (Wildman–Crippen LogP) is 6.29. The molecule has 4 aromatic carbocycles.